The Morgan fingerprint density at radius 2 is 2.05 bits per heavy atom. The average Bonchev–Trinajstić information content (AvgIpc) is 2.50. The lowest BCUT2D eigenvalue weighted by atomic mass is 10.3. The third-order valence-electron chi connectivity index (χ3n) is 3.28. The van der Waals surface area contributed by atoms with Crippen LogP contribution in [0.3, 0.4) is 0 Å². The molecule has 0 aliphatic heterocycles. The molecule has 22 heavy (non-hydrogen) atoms. The van der Waals surface area contributed by atoms with Crippen LogP contribution in [0.4, 0.5) is 10.5 Å². The summed E-state index contributed by atoms with van der Waals surface area (Å²) in [5, 5.41) is 5.78. The van der Waals surface area contributed by atoms with Gasteiger partial charge in [-0.05, 0) is 26.0 Å². The van der Waals surface area contributed by atoms with E-state index in [-0.39, 0.29) is 11.6 Å². The standard InChI is InChI=1S/C15H17ClN4O2/c1-10-11(2)18-9-20(14(10)21)8-7-17-15(22)19-13-6-4-3-5-12(13)16/h3-6,9H,7-8H2,1-2H3,(H2,17,19,22). The molecule has 0 bridgehead atoms. The van der Waals surface area contributed by atoms with Crippen LogP contribution in [-0.2, 0) is 6.54 Å². The van der Waals surface area contributed by atoms with Crippen LogP contribution in [0, 0.1) is 13.8 Å². The van der Waals surface area contributed by atoms with Gasteiger partial charge >= 0.3 is 6.03 Å². The van der Waals surface area contributed by atoms with Gasteiger partial charge in [0.05, 0.1) is 17.0 Å². The van der Waals surface area contributed by atoms with Gasteiger partial charge in [-0.3, -0.25) is 9.36 Å². The Kier molecular flexibility index (Phi) is 5.16. The Balaban J connectivity index is 1.89. The van der Waals surface area contributed by atoms with Crippen molar-refractivity contribution in [3.63, 3.8) is 0 Å². The van der Waals surface area contributed by atoms with Crippen LogP contribution >= 0.6 is 11.6 Å². The van der Waals surface area contributed by atoms with Crippen LogP contribution in [0.25, 0.3) is 0 Å². The Labute approximate surface area is 133 Å². The van der Waals surface area contributed by atoms with Gasteiger partial charge in [0.1, 0.15) is 0 Å². The predicted octanol–water partition coefficient (Wildman–Crippen LogP) is 2.34. The van der Waals surface area contributed by atoms with Crippen LogP contribution in [0.1, 0.15) is 11.3 Å². The van der Waals surface area contributed by atoms with Crippen LogP contribution in [0.15, 0.2) is 35.4 Å². The summed E-state index contributed by atoms with van der Waals surface area (Å²) >= 11 is 5.96. The fourth-order valence-corrected chi connectivity index (χ4v) is 2.04. The first-order valence-electron chi connectivity index (χ1n) is 6.81. The Morgan fingerprint density at radius 1 is 1.32 bits per heavy atom. The number of halogens is 1. The molecule has 0 aliphatic rings. The molecule has 0 atom stereocenters. The molecule has 7 heteroatoms. The molecule has 2 amide bonds. The summed E-state index contributed by atoms with van der Waals surface area (Å²) in [4.78, 5) is 27.9. The summed E-state index contributed by atoms with van der Waals surface area (Å²) in [6.07, 6.45) is 1.48. The van der Waals surface area contributed by atoms with Crippen LogP contribution in [-0.4, -0.2) is 22.1 Å². The first kappa shape index (κ1) is 16.0. The lowest BCUT2D eigenvalue weighted by molar-refractivity contribution is 0.251. The lowest BCUT2D eigenvalue weighted by Crippen LogP contribution is -2.34. The van der Waals surface area contributed by atoms with Gasteiger partial charge in [-0.25, -0.2) is 9.78 Å². The maximum atomic E-state index is 12.0. The molecule has 1 aromatic carbocycles. The highest BCUT2D eigenvalue weighted by atomic mass is 35.5. The van der Waals surface area contributed by atoms with Crippen LogP contribution < -0.4 is 16.2 Å². The van der Waals surface area contributed by atoms with Crippen molar-refractivity contribution in [2.75, 3.05) is 11.9 Å². The highest BCUT2D eigenvalue weighted by Gasteiger charge is 2.06. The number of amides is 2. The number of aromatic nitrogens is 2. The van der Waals surface area contributed by atoms with E-state index in [1.54, 1.807) is 38.1 Å². The largest absolute Gasteiger partial charge is 0.336 e. The normalized spacial score (nSPS) is 10.3. The fraction of sp³-hybridized carbons (Fsp3) is 0.267. The number of para-hydroxylation sites is 1. The number of carbonyl (C=O) groups excluding carboxylic acids is 1. The predicted molar refractivity (Wildman–Crippen MR) is 86.4 cm³/mol. The van der Waals surface area contributed by atoms with Crippen LogP contribution in [0.2, 0.25) is 5.02 Å². The molecule has 1 aromatic heterocycles. The smallest absolute Gasteiger partial charge is 0.319 e. The van der Waals surface area contributed by atoms with E-state index in [2.05, 4.69) is 15.6 Å². The van der Waals surface area contributed by atoms with E-state index in [9.17, 15) is 9.59 Å². The molecule has 0 fully saturated rings. The van der Waals surface area contributed by atoms with E-state index >= 15 is 0 Å². The highest BCUT2D eigenvalue weighted by Crippen LogP contribution is 2.19. The molecule has 0 radical (unpaired) electrons. The summed E-state index contributed by atoms with van der Waals surface area (Å²) in [5.41, 5.74) is 1.76. The summed E-state index contributed by atoms with van der Waals surface area (Å²) in [6.45, 7) is 4.18. The SMILES string of the molecule is Cc1ncn(CCNC(=O)Nc2ccccc2Cl)c(=O)c1C. The van der Waals surface area contributed by atoms with Gasteiger partial charge in [-0.2, -0.15) is 0 Å². The van der Waals surface area contributed by atoms with Gasteiger partial charge in [0, 0.05) is 24.3 Å². The molecule has 116 valence electrons. The van der Waals surface area contributed by atoms with Gasteiger partial charge in [0.2, 0.25) is 0 Å². The molecule has 2 aromatic rings. The number of carbonyl (C=O) groups is 1. The summed E-state index contributed by atoms with van der Waals surface area (Å²) < 4.78 is 1.47. The fourth-order valence-electron chi connectivity index (χ4n) is 1.85. The number of rotatable bonds is 4. The second kappa shape index (κ2) is 7.09. The number of benzene rings is 1. The minimum atomic E-state index is -0.377. The van der Waals surface area contributed by atoms with E-state index < -0.39 is 0 Å². The number of hydrogen-bond donors (Lipinski definition) is 2. The highest BCUT2D eigenvalue weighted by molar-refractivity contribution is 6.33. The van der Waals surface area contributed by atoms with Crippen molar-refractivity contribution < 1.29 is 4.79 Å². The number of nitrogens with one attached hydrogen (secondary N) is 2. The zero-order valence-electron chi connectivity index (χ0n) is 12.4. The maximum Gasteiger partial charge on any atom is 0.319 e. The van der Waals surface area contributed by atoms with Crippen molar-refractivity contribution in [2.45, 2.75) is 20.4 Å². The van der Waals surface area contributed by atoms with E-state index in [0.717, 1.165) is 0 Å². The second-order valence-electron chi connectivity index (χ2n) is 4.81. The maximum absolute atomic E-state index is 12.0. The van der Waals surface area contributed by atoms with Crippen molar-refractivity contribution in [3.8, 4) is 0 Å². The molecule has 0 saturated heterocycles. The number of aryl methyl sites for hydroxylation is 1. The van der Waals surface area contributed by atoms with Gasteiger partial charge < -0.3 is 10.6 Å². The molecule has 0 aliphatic carbocycles. The number of urea groups is 1. The number of anilines is 1. The number of nitrogens with zero attached hydrogens (tertiary/aromatic N) is 2. The molecule has 0 saturated carbocycles. The van der Waals surface area contributed by atoms with Crippen molar-refractivity contribution in [3.05, 3.63) is 57.2 Å². The second-order valence-corrected chi connectivity index (χ2v) is 5.22. The molecule has 1 heterocycles. The summed E-state index contributed by atoms with van der Waals surface area (Å²) in [7, 11) is 0. The lowest BCUT2D eigenvalue weighted by Gasteiger charge is -2.10. The van der Waals surface area contributed by atoms with E-state index in [4.69, 9.17) is 11.6 Å². The van der Waals surface area contributed by atoms with E-state index in [1.165, 1.54) is 10.9 Å². The third-order valence-corrected chi connectivity index (χ3v) is 3.61. The first-order valence-corrected chi connectivity index (χ1v) is 7.19. The van der Waals surface area contributed by atoms with Crippen molar-refractivity contribution in [2.24, 2.45) is 0 Å². The first-order chi connectivity index (χ1) is 10.5. The number of hydrogen-bond acceptors (Lipinski definition) is 3. The molecular weight excluding hydrogens is 304 g/mol. The minimum Gasteiger partial charge on any atom is -0.336 e. The zero-order chi connectivity index (χ0) is 16.1. The van der Waals surface area contributed by atoms with E-state index in [0.29, 0.717) is 35.1 Å². The third kappa shape index (κ3) is 3.85. The van der Waals surface area contributed by atoms with Crippen molar-refractivity contribution in [1.82, 2.24) is 14.9 Å². The molecular formula is C15H17ClN4O2. The summed E-state index contributed by atoms with van der Waals surface area (Å²) in [5.74, 6) is 0. The minimum absolute atomic E-state index is 0.0965. The summed E-state index contributed by atoms with van der Waals surface area (Å²) in [6, 6.07) is 6.58. The van der Waals surface area contributed by atoms with Gasteiger partial charge in [-0.15, -0.1) is 0 Å². The topological polar surface area (TPSA) is 76.0 Å². The average molecular weight is 321 g/mol. The van der Waals surface area contributed by atoms with E-state index in [1.807, 2.05) is 0 Å². The Hall–Kier alpha value is -2.34. The van der Waals surface area contributed by atoms with Gasteiger partial charge in [0.15, 0.2) is 0 Å². The molecule has 0 spiro atoms. The van der Waals surface area contributed by atoms with Gasteiger partial charge in [0.25, 0.3) is 5.56 Å². The molecule has 6 nitrogen and oxygen atoms in total. The van der Waals surface area contributed by atoms with Crippen LogP contribution in [0.5, 0.6) is 0 Å². The molecule has 2 N–H and O–H groups in total. The Bertz CT molecular complexity index is 743. The monoisotopic (exact) mass is 320 g/mol. The van der Waals surface area contributed by atoms with Crippen molar-refractivity contribution >= 4 is 23.3 Å². The van der Waals surface area contributed by atoms with Crippen molar-refractivity contribution in [1.29, 1.82) is 0 Å². The Morgan fingerprint density at radius 3 is 2.77 bits per heavy atom. The quantitative estimate of drug-likeness (QED) is 0.907. The van der Waals surface area contributed by atoms with Gasteiger partial charge in [-0.1, -0.05) is 23.7 Å². The zero-order valence-corrected chi connectivity index (χ0v) is 13.1. The molecule has 2 rings (SSSR count). The molecule has 0 unspecified atom stereocenters.